The van der Waals surface area contributed by atoms with Gasteiger partial charge in [-0.1, -0.05) is 0 Å². The lowest BCUT2D eigenvalue weighted by molar-refractivity contribution is -0.500. The fourth-order valence-electron chi connectivity index (χ4n) is 1.05. The molecule has 0 aliphatic rings. The smallest absolute Gasteiger partial charge is 0.272 e. The second kappa shape index (κ2) is 4.33. The predicted molar refractivity (Wildman–Crippen MR) is 51.9 cm³/mol. The number of Topliss-reactive ketones (excluding diaryl/α,β-unsaturated/α-hetero) is 1. The first kappa shape index (κ1) is 10.9. The van der Waals surface area contributed by atoms with Gasteiger partial charge in [0.1, 0.15) is 0 Å². The van der Waals surface area contributed by atoms with Crippen molar-refractivity contribution in [1.29, 1.82) is 5.26 Å². The lowest BCUT2D eigenvalue weighted by Crippen LogP contribution is -2.25. The number of carbonyl (C=O) groups is 1. The van der Waals surface area contributed by atoms with Crippen LogP contribution in [0.2, 0.25) is 0 Å². The molecule has 1 unspecified atom stereocenters. The Labute approximate surface area is 86.1 Å². The van der Waals surface area contributed by atoms with Gasteiger partial charge in [-0.05, 0) is 24.3 Å². The first-order chi connectivity index (χ1) is 7.06. The molecule has 0 bridgehead atoms. The molecule has 76 valence electrons. The van der Waals surface area contributed by atoms with E-state index in [9.17, 15) is 14.9 Å². The van der Waals surface area contributed by atoms with E-state index in [0.717, 1.165) is 0 Å². The van der Waals surface area contributed by atoms with Crippen molar-refractivity contribution in [2.24, 2.45) is 0 Å². The molecule has 1 aromatic carbocycles. The minimum absolute atomic E-state index is 0.248. The third-order valence-corrected chi connectivity index (χ3v) is 1.99. The van der Waals surface area contributed by atoms with E-state index in [2.05, 4.69) is 0 Å². The van der Waals surface area contributed by atoms with Crippen LogP contribution < -0.4 is 0 Å². The Morgan fingerprint density at radius 1 is 1.47 bits per heavy atom. The topological polar surface area (TPSA) is 84.0 Å². The van der Waals surface area contributed by atoms with Gasteiger partial charge in [-0.2, -0.15) is 5.26 Å². The summed E-state index contributed by atoms with van der Waals surface area (Å²) in [6.07, 6.45) is 0. The van der Waals surface area contributed by atoms with Crippen molar-refractivity contribution in [3.8, 4) is 6.07 Å². The van der Waals surface area contributed by atoms with Crippen molar-refractivity contribution in [1.82, 2.24) is 0 Å². The molecule has 0 aliphatic heterocycles. The average Bonchev–Trinajstić information content (AvgIpc) is 2.27. The van der Waals surface area contributed by atoms with Crippen molar-refractivity contribution in [3.63, 3.8) is 0 Å². The van der Waals surface area contributed by atoms with Gasteiger partial charge in [0, 0.05) is 17.4 Å². The molecule has 0 fully saturated rings. The Morgan fingerprint density at radius 2 is 2.00 bits per heavy atom. The highest BCUT2D eigenvalue weighted by atomic mass is 16.6. The number of hydrogen-bond donors (Lipinski definition) is 0. The van der Waals surface area contributed by atoms with Crippen LogP contribution in [-0.2, 0) is 0 Å². The molecule has 15 heavy (non-hydrogen) atoms. The highest BCUT2D eigenvalue weighted by molar-refractivity contribution is 5.99. The van der Waals surface area contributed by atoms with Crippen LogP contribution in [0.25, 0.3) is 0 Å². The fourth-order valence-corrected chi connectivity index (χ4v) is 1.05. The molecule has 0 spiro atoms. The summed E-state index contributed by atoms with van der Waals surface area (Å²) in [7, 11) is 0. The average molecular weight is 204 g/mol. The van der Waals surface area contributed by atoms with Gasteiger partial charge in [0.2, 0.25) is 5.78 Å². The predicted octanol–water partition coefficient (Wildman–Crippen LogP) is 1.41. The molecule has 0 aromatic heterocycles. The first-order valence-electron chi connectivity index (χ1n) is 4.24. The van der Waals surface area contributed by atoms with E-state index in [1.165, 1.54) is 31.2 Å². The second-order valence-electron chi connectivity index (χ2n) is 3.01. The van der Waals surface area contributed by atoms with Crippen molar-refractivity contribution in [2.75, 3.05) is 0 Å². The van der Waals surface area contributed by atoms with Gasteiger partial charge in [0.15, 0.2) is 0 Å². The maximum atomic E-state index is 11.5. The number of carbonyl (C=O) groups excluding carboxylic acids is 1. The van der Waals surface area contributed by atoms with E-state index in [1.54, 1.807) is 0 Å². The van der Waals surface area contributed by atoms with Crippen molar-refractivity contribution >= 4 is 5.78 Å². The van der Waals surface area contributed by atoms with Gasteiger partial charge in [-0.3, -0.25) is 14.9 Å². The van der Waals surface area contributed by atoms with Crippen LogP contribution in [0, 0.1) is 21.4 Å². The standard InChI is InChI=1S/C10H8N2O3/c1-7(12(14)15)10(13)9-4-2-8(6-11)3-5-9/h2-5,7H,1H3. The quantitative estimate of drug-likeness (QED) is 0.423. The summed E-state index contributed by atoms with van der Waals surface area (Å²) in [5.74, 6) is -0.551. The van der Waals surface area contributed by atoms with Crippen molar-refractivity contribution in [3.05, 3.63) is 45.5 Å². The number of benzene rings is 1. The minimum atomic E-state index is -1.25. The van der Waals surface area contributed by atoms with Gasteiger partial charge >= 0.3 is 0 Å². The first-order valence-corrected chi connectivity index (χ1v) is 4.24. The summed E-state index contributed by atoms with van der Waals surface area (Å²) in [5, 5.41) is 18.9. The van der Waals surface area contributed by atoms with Crippen LogP contribution in [0.3, 0.4) is 0 Å². The van der Waals surface area contributed by atoms with Gasteiger partial charge in [0.25, 0.3) is 6.04 Å². The second-order valence-corrected chi connectivity index (χ2v) is 3.01. The Morgan fingerprint density at radius 3 is 2.40 bits per heavy atom. The minimum Gasteiger partial charge on any atom is -0.286 e. The molecule has 0 radical (unpaired) electrons. The number of nitro groups is 1. The largest absolute Gasteiger partial charge is 0.286 e. The number of hydrogen-bond acceptors (Lipinski definition) is 4. The van der Waals surface area contributed by atoms with Gasteiger partial charge in [0.05, 0.1) is 11.6 Å². The summed E-state index contributed by atoms with van der Waals surface area (Å²) in [5.41, 5.74) is 0.665. The maximum Gasteiger partial charge on any atom is 0.272 e. The van der Waals surface area contributed by atoms with Gasteiger partial charge in [-0.15, -0.1) is 0 Å². The molecule has 0 saturated heterocycles. The molecule has 0 saturated carbocycles. The molecular weight excluding hydrogens is 196 g/mol. The molecule has 5 heteroatoms. The van der Waals surface area contributed by atoms with E-state index in [4.69, 9.17) is 5.26 Å². The van der Waals surface area contributed by atoms with Crippen LogP contribution in [0.4, 0.5) is 0 Å². The van der Waals surface area contributed by atoms with E-state index < -0.39 is 16.7 Å². The zero-order valence-corrected chi connectivity index (χ0v) is 8.01. The lowest BCUT2D eigenvalue weighted by Gasteiger charge is -2.02. The Kier molecular flexibility index (Phi) is 3.13. The van der Waals surface area contributed by atoms with Crippen molar-refractivity contribution in [2.45, 2.75) is 13.0 Å². The van der Waals surface area contributed by atoms with E-state index in [-0.39, 0.29) is 5.56 Å². The highest BCUT2D eigenvalue weighted by Crippen LogP contribution is 2.07. The number of ketones is 1. The monoisotopic (exact) mass is 204 g/mol. The molecular formula is C10H8N2O3. The molecule has 0 amide bonds. The van der Waals surface area contributed by atoms with Gasteiger partial charge in [-0.25, -0.2) is 0 Å². The van der Waals surface area contributed by atoms with E-state index >= 15 is 0 Å². The van der Waals surface area contributed by atoms with Crippen LogP contribution in [0.1, 0.15) is 22.8 Å². The normalized spacial score (nSPS) is 11.5. The summed E-state index contributed by atoms with van der Waals surface area (Å²) in [6.45, 7) is 1.24. The summed E-state index contributed by atoms with van der Waals surface area (Å²) >= 11 is 0. The van der Waals surface area contributed by atoms with E-state index in [1.807, 2.05) is 6.07 Å². The third kappa shape index (κ3) is 2.38. The van der Waals surface area contributed by atoms with Crippen LogP contribution in [0.15, 0.2) is 24.3 Å². The van der Waals surface area contributed by atoms with Crippen LogP contribution >= 0.6 is 0 Å². The molecule has 1 aromatic rings. The van der Waals surface area contributed by atoms with Crippen molar-refractivity contribution < 1.29 is 9.72 Å². The fraction of sp³-hybridized carbons (Fsp3) is 0.200. The molecule has 0 N–H and O–H groups in total. The Hall–Kier alpha value is -2.22. The van der Waals surface area contributed by atoms with E-state index in [0.29, 0.717) is 5.56 Å². The van der Waals surface area contributed by atoms with Gasteiger partial charge < -0.3 is 0 Å². The highest BCUT2D eigenvalue weighted by Gasteiger charge is 2.24. The molecule has 5 nitrogen and oxygen atoms in total. The lowest BCUT2D eigenvalue weighted by atomic mass is 10.0. The molecule has 1 atom stereocenters. The third-order valence-electron chi connectivity index (χ3n) is 1.99. The zero-order chi connectivity index (χ0) is 11.4. The number of nitrogens with zero attached hydrogens (tertiary/aromatic N) is 2. The maximum absolute atomic E-state index is 11.5. The zero-order valence-electron chi connectivity index (χ0n) is 8.01. The number of rotatable bonds is 3. The van der Waals surface area contributed by atoms with Crippen LogP contribution in [0.5, 0.6) is 0 Å². The summed E-state index contributed by atoms with van der Waals surface area (Å²) < 4.78 is 0. The Bertz CT molecular complexity index is 431. The molecule has 0 heterocycles. The molecule has 0 aliphatic carbocycles. The summed E-state index contributed by atoms with van der Waals surface area (Å²) in [6, 6.07) is 6.40. The van der Waals surface area contributed by atoms with Crippen LogP contribution in [-0.4, -0.2) is 16.7 Å². The summed E-state index contributed by atoms with van der Waals surface area (Å²) in [4.78, 5) is 21.2. The SMILES string of the molecule is CC(C(=O)c1ccc(C#N)cc1)[N+](=O)[O-]. The molecule has 1 rings (SSSR count). The number of nitriles is 1. The Balaban J connectivity index is 2.93.